The third-order valence-electron chi connectivity index (χ3n) is 2.60. The fourth-order valence-corrected chi connectivity index (χ4v) is 1.42. The normalized spacial score (nSPS) is 14.7. The zero-order chi connectivity index (χ0) is 10.8. The van der Waals surface area contributed by atoms with Gasteiger partial charge in [-0.2, -0.15) is 5.26 Å². The fourth-order valence-electron chi connectivity index (χ4n) is 1.42. The minimum Gasteiger partial charge on any atom is -0.299 e. The van der Waals surface area contributed by atoms with E-state index in [9.17, 15) is 0 Å². The Hall–Kier alpha value is -0.550. The number of nitrogens with zero attached hydrogens (tertiary/aromatic N) is 1. The highest BCUT2D eigenvalue weighted by molar-refractivity contribution is 4.90. The van der Waals surface area contributed by atoms with E-state index in [1.54, 1.807) is 0 Å². The van der Waals surface area contributed by atoms with E-state index < -0.39 is 0 Å². The second kappa shape index (κ2) is 9.02. The largest absolute Gasteiger partial charge is 0.299 e. The van der Waals surface area contributed by atoms with Crippen LogP contribution in [-0.2, 0) is 0 Å². The molecule has 0 amide bonds. The molecule has 1 N–H and O–H groups in total. The molecule has 2 atom stereocenters. The Balaban J connectivity index is 3.54. The van der Waals surface area contributed by atoms with E-state index in [1.807, 2.05) is 0 Å². The van der Waals surface area contributed by atoms with Crippen LogP contribution < -0.4 is 5.32 Å². The minimum absolute atomic E-state index is 0.0572. The zero-order valence-electron chi connectivity index (χ0n) is 9.84. The van der Waals surface area contributed by atoms with Gasteiger partial charge in [-0.05, 0) is 19.8 Å². The summed E-state index contributed by atoms with van der Waals surface area (Å²) in [6.07, 6.45) is 7.08. The third kappa shape index (κ3) is 6.91. The lowest BCUT2D eigenvalue weighted by Gasteiger charge is -2.16. The number of rotatable bonds is 8. The van der Waals surface area contributed by atoms with Crippen LogP contribution in [0.4, 0.5) is 0 Å². The SMILES string of the molecule is CCCCCCC(C#N)NC(C)CC. The van der Waals surface area contributed by atoms with Crippen molar-refractivity contribution in [3.8, 4) is 6.07 Å². The molecule has 0 bridgehead atoms. The number of unbranched alkanes of at least 4 members (excludes halogenated alkanes) is 3. The predicted octanol–water partition coefficient (Wildman–Crippen LogP) is 3.24. The molecule has 2 heteroatoms. The molecular weight excluding hydrogens is 172 g/mol. The molecule has 0 aromatic carbocycles. The maximum Gasteiger partial charge on any atom is 0.0955 e. The molecule has 0 saturated carbocycles. The van der Waals surface area contributed by atoms with Gasteiger partial charge in [0.25, 0.3) is 0 Å². The number of hydrogen-bond donors (Lipinski definition) is 1. The number of nitriles is 1. The van der Waals surface area contributed by atoms with E-state index in [0.717, 1.165) is 12.8 Å². The van der Waals surface area contributed by atoms with Crippen LogP contribution in [0.3, 0.4) is 0 Å². The summed E-state index contributed by atoms with van der Waals surface area (Å²) >= 11 is 0. The molecule has 2 nitrogen and oxygen atoms in total. The Labute approximate surface area is 88.7 Å². The second-order valence-electron chi connectivity index (χ2n) is 4.01. The van der Waals surface area contributed by atoms with Crippen molar-refractivity contribution >= 4 is 0 Å². The molecule has 0 aliphatic carbocycles. The monoisotopic (exact) mass is 196 g/mol. The standard InChI is InChI=1S/C12H24N2/c1-4-6-7-8-9-12(10-13)14-11(3)5-2/h11-12,14H,4-9H2,1-3H3. The highest BCUT2D eigenvalue weighted by Gasteiger charge is 2.08. The van der Waals surface area contributed by atoms with Crippen LogP contribution in [0.25, 0.3) is 0 Å². The molecule has 0 rings (SSSR count). The van der Waals surface area contributed by atoms with Crippen molar-refractivity contribution in [3.63, 3.8) is 0 Å². The first-order valence-electron chi connectivity index (χ1n) is 5.90. The van der Waals surface area contributed by atoms with Crippen molar-refractivity contribution in [2.24, 2.45) is 0 Å². The second-order valence-corrected chi connectivity index (χ2v) is 4.01. The highest BCUT2D eigenvalue weighted by Crippen LogP contribution is 2.06. The van der Waals surface area contributed by atoms with E-state index in [2.05, 4.69) is 32.2 Å². The lowest BCUT2D eigenvalue weighted by Crippen LogP contribution is -2.35. The van der Waals surface area contributed by atoms with Crippen molar-refractivity contribution in [1.29, 1.82) is 5.26 Å². The van der Waals surface area contributed by atoms with Gasteiger partial charge in [-0.25, -0.2) is 0 Å². The number of hydrogen-bond acceptors (Lipinski definition) is 2. The van der Waals surface area contributed by atoms with Gasteiger partial charge >= 0.3 is 0 Å². The first kappa shape index (κ1) is 13.4. The van der Waals surface area contributed by atoms with Gasteiger partial charge in [0, 0.05) is 6.04 Å². The van der Waals surface area contributed by atoms with Gasteiger partial charge in [0.1, 0.15) is 0 Å². The molecule has 0 fully saturated rings. The van der Waals surface area contributed by atoms with E-state index in [1.165, 1.54) is 25.7 Å². The van der Waals surface area contributed by atoms with Gasteiger partial charge in [-0.15, -0.1) is 0 Å². The van der Waals surface area contributed by atoms with Crippen LogP contribution in [0.15, 0.2) is 0 Å². The van der Waals surface area contributed by atoms with Gasteiger partial charge in [0.05, 0.1) is 12.1 Å². The minimum atomic E-state index is 0.0572. The molecule has 0 aliphatic heterocycles. The predicted molar refractivity (Wildman–Crippen MR) is 61.0 cm³/mol. The van der Waals surface area contributed by atoms with Gasteiger partial charge < -0.3 is 0 Å². The van der Waals surface area contributed by atoms with Crippen LogP contribution in [-0.4, -0.2) is 12.1 Å². The summed E-state index contributed by atoms with van der Waals surface area (Å²) in [6, 6.07) is 2.85. The summed E-state index contributed by atoms with van der Waals surface area (Å²) in [4.78, 5) is 0. The molecule has 0 heterocycles. The first-order chi connectivity index (χ1) is 6.74. The van der Waals surface area contributed by atoms with Crippen molar-refractivity contribution in [1.82, 2.24) is 5.32 Å². The summed E-state index contributed by atoms with van der Waals surface area (Å²) in [7, 11) is 0. The molecule has 0 spiro atoms. The molecule has 2 unspecified atom stereocenters. The topological polar surface area (TPSA) is 35.8 Å². The van der Waals surface area contributed by atoms with E-state index >= 15 is 0 Å². The lowest BCUT2D eigenvalue weighted by molar-refractivity contribution is 0.456. The Bertz CT molecular complexity index is 160. The quantitative estimate of drug-likeness (QED) is 0.605. The Morgan fingerprint density at radius 1 is 1.21 bits per heavy atom. The average molecular weight is 196 g/mol. The van der Waals surface area contributed by atoms with Gasteiger partial charge in [0.15, 0.2) is 0 Å². The van der Waals surface area contributed by atoms with Crippen LogP contribution in [0.1, 0.15) is 59.3 Å². The summed E-state index contributed by atoms with van der Waals surface area (Å²) in [5.41, 5.74) is 0. The molecular formula is C12H24N2. The smallest absolute Gasteiger partial charge is 0.0955 e. The lowest BCUT2D eigenvalue weighted by atomic mass is 10.1. The Kier molecular flexibility index (Phi) is 8.67. The average Bonchev–Trinajstić information content (AvgIpc) is 2.22. The van der Waals surface area contributed by atoms with Gasteiger partial charge in [-0.1, -0.05) is 39.5 Å². The van der Waals surface area contributed by atoms with E-state index in [0.29, 0.717) is 6.04 Å². The van der Waals surface area contributed by atoms with Crippen molar-refractivity contribution in [2.75, 3.05) is 0 Å². The fraction of sp³-hybridized carbons (Fsp3) is 0.917. The third-order valence-corrected chi connectivity index (χ3v) is 2.60. The zero-order valence-corrected chi connectivity index (χ0v) is 9.84. The molecule has 14 heavy (non-hydrogen) atoms. The molecule has 0 saturated heterocycles. The summed E-state index contributed by atoms with van der Waals surface area (Å²) in [5.74, 6) is 0. The molecule has 0 aliphatic rings. The van der Waals surface area contributed by atoms with Crippen LogP contribution in [0, 0.1) is 11.3 Å². The molecule has 0 aromatic heterocycles. The molecule has 0 aromatic rings. The van der Waals surface area contributed by atoms with Crippen molar-refractivity contribution in [3.05, 3.63) is 0 Å². The molecule has 82 valence electrons. The van der Waals surface area contributed by atoms with Crippen LogP contribution >= 0.6 is 0 Å². The van der Waals surface area contributed by atoms with Crippen molar-refractivity contribution in [2.45, 2.75) is 71.4 Å². The van der Waals surface area contributed by atoms with E-state index in [-0.39, 0.29) is 6.04 Å². The Morgan fingerprint density at radius 3 is 2.43 bits per heavy atom. The summed E-state index contributed by atoms with van der Waals surface area (Å²) in [6.45, 7) is 6.48. The highest BCUT2D eigenvalue weighted by atomic mass is 14.9. The number of nitrogens with one attached hydrogen (secondary N) is 1. The van der Waals surface area contributed by atoms with E-state index in [4.69, 9.17) is 5.26 Å². The molecule has 0 radical (unpaired) electrons. The Morgan fingerprint density at radius 2 is 1.93 bits per heavy atom. The maximum absolute atomic E-state index is 8.91. The summed E-state index contributed by atoms with van der Waals surface area (Å²) < 4.78 is 0. The van der Waals surface area contributed by atoms with Crippen molar-refractivity contribution < 1.29 is 0 Å². The van der Waals surface area contributed by atoms with Gasteiger partial charge in [0.2, 0.25) is 0 Å². The van der Waals surface area contributed by atoms with Gasteiger partial charge in [-0.3, -0.25) is 5.32 Å². The van der Waals surface area contributed by atoms with Crippen LogP contribution in [0.2, 0.25) is 0 Å². The van der Waals surface area contributed by atoms with Crippen LogP contribution in [0.5, 0.6) is 0 Å². The maximum atomic E-state index is 8.91. The first-order valence-corrected chi connectivity index (χ1v) is 5.90. The summed E-state index contributed by atoms with van der Waals surface area (Å²) in [5, 5.41) is 12.2.